The molecular weight excluding hydrogens is 172 g/mol. The first-order valence-electron chi connectivity index (χ1n) is 2.37. The van der Waals surface area contributed by atoms with Gasteiger partial charge in [-0.05, 0) is 0 Å². The average molecular weight is 181 g/mol. The topological polar surface area (TPSA) is 26.3 Å². The second kappa shape index (κ2) is 3.89. The van der Waals surface area contributed by atoms with Gasteiger partial charge >= 0.3 is 5.97 Å². The van der Waals surface area contributed by atoms with E-state index in [0.717, 1.165) is 0 Å². The molecule has 0 aliphatic carbocycles. The summed E-state index contributed by atoms with van der Waals surface area (Å²) in [6, 6.07) is 0. The van der Waals surface area contributed by atoms with Crippen molar-refractivity contribution in [2.75, 3.05) is 7.11 Å². The van der Waals surface area contributed by atoms with Crippen LogP contribution in [0.4, 0.5) is 0 Å². The van der Waals surface area contributed by atoms with Crippen molar-refractivity contribution in [3.05, 3.63) is 0 Å². The molecule has 0 aromatic rings. The van der Waals surface area contributed by atoms with Gasteiger partial charge in [-0.3, -0.25) is 4.79 Å². The van der Waals surface area contributed by atoms with Crippen molar-refractivity contribution in [2.45, 2.75) is 18.2 Å². The van der Waals surface area contributed by atoms with E-state index in [4.69, 9.17) is 0 Å². The van der Waals surface area contributed by atoms with Crippen LogP contribution in [0.25, 0.3) is 0 Å². The van der Waals surface area contributed by atoms with Crippen LogP contribution in [0.2, 0.25) is 0 Å². The maximum Gasteiger partial charge on any atom is 0.306 e. The number of hydrogen-bond donors (Lipinski definition) is 0. The summed E-state index contributed by atoms with van der Waals surface area (Å²) in [5.74, 6) is -0.172. The normalized spacial score (nSPS) is 12.9. The molecule has 0 aromatic heterocycles. The van der Waals surface area contributed by atoms with Crippen molar-refractivity contribution in [3.63, 3.8) is 0 Å². The molecule has 0 rings (SSSR count). The Kier molecular flexibility index (Phi) is 3.87. The molecule has 3 heteroatoms. The van der Waals surface area contributed by atoms with Crippen LogP contribution in [0.3, 0.4) is 0 Å². The Bertz CT molecular complexity index is 80.5. The number of methoxy groups -OCH3 is 1. The van der Waals surface area contributed by atoms with Gasteiger partial charge in [0.2, 0.25) is 0 Å². The number of carbonyl (C=O) groups is 1. The molecule has 0 radical (unpaired) electrons. The quantitative estimate of drug-likeness (QED) is 0.474. The highest BCUT2D eigenvalue weighted by atomic mass is 79.9. The molecule has 0 fully saturated rings. The van der Waals surface area contributed by atoms with Gasteiger partial charge in [0.25, 0.3) is 0 Å². The van der Waals surface area contributed by atoms with Crippen molar-refractivity contribution in [1.82, 2.24) is 0 Å². The molecule has 0 amide bonds. The Hall–Kier alpha value is -0.0500. The zero-order valence-corrected chi connectivity index (χ0v) is 6.56. The maximum absolute atomic E-state index is 10.4. The van der Waals surface area contributed by atoms with E-state index >= 15 is 0 Å². The summed E-state index contributed by atoms with van der Waals surface area (Å²) in [4.78, 5) is 10.6. The monoisotopic (exact) mass is 180 g/mol. The van der Waals surface area contributed by atoms with E-state index in [-0.39, 0.29) is 10.8 Å². The first-order valence-corrected chi connectivity index (χ1v) is 3.29. The van der Waals surface area contributed by atoms with Crippen LogP contribution in [-0.2, 0) is 9.53 Å². The number of ether oxygens (including phenoxy) is 1. The number of halogens is 1. The van der Waals surface area contributed by atoms with E-state index in [9.17, 15) is 4.79 Å². The van der Waals surface area contributed by atoms with Crippen molar-refractivity contribution in [3.8, 4) is 0 Å². The van der Waals surface area contributed by atoms with Crippen molar-refractivity contribution >= 4 is 21.9 Å². The zero-order valence-electron chi connectivity index (χ0n) is 4.98. The molecule has 0 N–H and O–H groups in total. The van der Waals surface area contributed by atoms with Crippen LogP contribution in [0, 0.1) is 0 Å². The molecule has 0 bridgehead atoms. The molecule has 8 heavy (non-hydrogen) atoms. The molecule has 0 aliphatic heterocycles. The van der Waals surface area contributed by atoms with Gasteiger partial charge in [0.1, 0.15) is 0 Å². The number of carbonyl (C=O) groups excluding carboxylic acids is 1. The second-order valence-electron chi connectivity index (χ2n) is 1.56. The van der Waals surface area contributed by atoms with E-state index in [2.05, 4.69) is 20.7 Å². The average Bonchev–Trinajstić information content (AvgIpc) is 1.65. The van der Waals surface area contributed by atoms with Crippen molar-refractivity contribution in [1.29, 1.82) is 0 Å². The minimum Gasteiger partial charge on any atom is -0.469 e. The maximum atomic E-state index is 10.4. The SMILES string of the molecule is COC(=O)CC(C)Br. The molecule has 2 nitrogen and oxygen atoms in total. The predicted molar refractivity (Wildman–Crippen MR) is 35.0 cm³/mol. The van der Waals surface area contributed by atoms with Gasteiger partial charge in [-0.25, -0.2) is 0 Å². The van der Waals surface area contributed by atoms with Crippen LogP contribution in [0.15, 0.2) is 0 Å². The fourth-order valence-corrected chi connectivity index (χ4v) is 0.577. The molecule has 0 aliphatic rings. The lowest BCUT2D eigenvalue weighted by Gasteiger charge is -1.98. The smallest absolute Gasteiger partial charge is 0.306 e. The third-order valence-corrected chi connectivity index (χ3v) is 0.999. The summed E-state index contributed by atoms with van der Waals surface area (Å²) in [7, 11) is 1.39. The summed E-state index contributed by atoms with van der Waals surface area (Å²) in [6.07, 6.45) is 0.441. The Morgan fingerprint density at radius 3 is 2.50 bits per heavy atom. The highest BCUT2D eigenvalue weighted by molar-refractivity contribution is 9.09. The zero-order chi connectivity index (χ0) is 6.57. The largest absolute Gasteiger partial charge is 0.469 e. The van der Waals surface area contributed by atoms with E-state index in [0.29, 0.717) is 6.42 Å². The van der Waals surface area contributed by atoms with E-state index in [1.54, 1.807) is 0 Å². The summed E-state index contributed by atoms with van der Waals surface area (Å²) >= 11 is 3.21. The van der Waals surface area contributed by atoms with Gasteiger partial charge in [-0.1, -0.05) is 22.9 Å². The molecular formula is C5H9BrO2. The van der Waals surface area contributed by atoms with Crippen LogP contribution >= 0.6 is 15.9 Å². The summed E-state index contributed by atoms with van der Waals surface area (Å²) in [5.41, 5.74) is 0. The number of hydrogen-bond acceptors (Lipinski definition) is 2. The third kappa shape index (κ3) is 4.12. The second-order valence-corrected chi connectivity index (χ2v) is 3.12. The van der Waals surface area contributed by atoms with Crippen LogP contribution in [0.1, 0.15) is 13.3 Å². The first-order chi connectivity index (χ1) is 3.66. The van der Waals surface area contributed by atoms with Gasteiger partial charge < -0.3 is 4.74 Å². The lowest BCUT2D eigenvalue weighted by atomic mass is 10.3. The highest BCUT2D eigenvalue weighted by Crippen LogP contribution is 2.02. The van der Waals surface area contributed by atoms with E-state index < -0.39 is 0 Å². The molecule has 0 spiro atoms. The number of rotatable bonds is 2. The van der Waals surface area contributed by atoms with Gasteiger partial charge in [-0.2, -0.15) is 0 Å². The van der Waals surface area contributed by atoms with E-state index in [1.165, 1.54) is 7.11 Å². The Morgan fingerprint density at radius 2 is 2.38 bits per heavy atom. The molecule has 0 aromatic carbocycles. The first kappa shape index (κ1) is 7.95. The molecule has 1 atom stereocenters. The van der Waals surface area contributed by atoms with Crippen molar-refractivity contribution < 1.29 is 9.53 Å². The lowest BCUT2D eigenvalue weighted by Crippen LogP contribution is -2.05. The van der Waals surface area contributed by atoms with Crippen LogP contribution in [-0.4, -0.2) is 17.9 Å². The standard InChI is InChI=1S/C5H9BrO2/c1-4(6)3-5(7)8-2/h4H,3H2,1-2H3. The fraction of sp³-hybridized carbons (Fsp3) is 0.800. The van der Waals surface area contributed by atoms with Crippen LogP contribution in [0.5, 0.6) is 0 Å². The highest BCUT2D eigenvalue weighted by Gasteiger charge is 2.03. The Labute approximate surface area is 57.3 Å². The van der Waals surface area contributed by atoms with Gasteiger partial charge in [-0.15, -0.1) is 0 Å². The summed E-state index contributed by atoms with van der Waals surface area (Å²) in [6.45, 7) is 1.90. The molecule has 48 valence electrons. The van der Waals surface area contributed by atoms with E-state index in [1.807, 2.05) is 6.92 Å². The third-order valence-electron chi connectivity index (χ3n) is 0.676. The molecule has 0 saturated heterocycles. The van der Waals surface area contributed by atoms with Gasteiger partial charge in [0.15, 0.2) is 0 Å². The minimum atomic E-state index is -0.172. The Morgan fingerprint density at radius 1 is 1.88 bits per heavy atom. The fourth-order valence-electron chi connectivity index (χ4n) is 0.313. The summed E-state index contributed by atoms with van der Waals surface area (Å²) in [5, 5.41) is 0. The molecule has 0 heterocycles. The molecule has 1 unspecified atom stereocenters. The number of esters is 1. The van der Waals surface area contributed by atoms with Crippen LogP contribution < -0.4 is 0 Å². The molecule has 0 saturated carbocycles. The summed E-state index contributed by atoms with van der Waals surface area (Å²) < 4.78 is 4.39. The number of alkyl halides is 1. The predicted octanol–water partition coefficient (Wildman–Crippen LogP) is 1.33. The van der Waals surface area contributed by atoms with Gasteiger partial charge in [0.05, 0.1) is 13.5 Å². The lowest BCUT2D eigenvalue weighted by molar-refractivity contribution is -0.140. The van der Waals surface area contributed by atoms with Crippen molar-refractivity contribution in [2.24, 2.45) is 0 Å². The Balaban J connectivity index is 3.25. The van der Waals surface area contributed by atoms with Gasteiger partial charge in [0, 0.05) is 4.83 Å². The minimum absolute atomic E-state index is 0.172.